The summed E-state index contributed by atoms with van der Waals surface area (Å²) in [6, 6.07) is 15.6. The van der Waals surface area contributed by atoms with Gasteiger partial charge in [-0.1, -0.05) is 24.3 Å². The number of hydrogen-bond acceptors (Lipinski definition) is 3. The number of rotatable bonds is 7. The van der Waals surface area contributed by atoms with E-state index in [9.17, 15) is 9.90 Å². The number of anilines is 1. The molecular weight excluding hydrogens is 288 g/mol. The molecule has 0 saturated carbocycles. The first kappa shape index (κ1) is 17.0. The molecule has 0 aliphatic heterocycles. The largest absolute Gasteiger partial charge is 0.508 e. The van der Waals surface area contributed by atoms with Crippen LogP contribution in [-0.2, 0) is 17.8 Å². The van der Waals surface area contributed by atoms with E-state index < -0.39 is 0 Å². The lowest BCUT2D eigenvalue weighted by Crippen LogP contribution is -2.25. The van der Waals surface area contributed by atoms with Gasteiger partial charge in [0.15, 0.2) is 0 Å². The van der Waals surface area contributed by atoms with Gasteiger partial charge in [-0.15, -0.1) is 0 Å². The van der Waals surface area contributed by atoms with Gasteiger partial charge in [-0.25, -0.2) is 0 Å². The molecule has 4 heteroatoms. The predicted molar refractivity (Wildman–Crippen MR) is 93.5 cm³/mol. The van der Waals surface area contributed by atoms with Gasteiger partial charge in [0, 0.05) is 25.2 Å². The van der Waals surface area contributed by atoms with E-state index in [0.29, 0.717) is 11.8 Å². The molecule has 2 aromatic rings. The van der Waals surface area contributed by atoms with E-state index >= 15 is 0 Å². The van der Waals surface area contributed by atoms with E-state index in [1.165, 1.54) is 18.1 Å². The quantitative estimate of drug-likeness (QED) is 0.733. The van der Waals surface area contributed by atoms with Crippen molar-refractivity contribution in [2.24, 2.45) is 0 Å². The van der Waals surface area contributed by atoms with Crippen LogP contribution in [0.4, 0.5) is 5.69 Å². The van der Waals surface area contributed by atoms with Gasteiger partial charge in [0.05, 0.1) is 0 Å². The molecule has 0 fully saturated rings. The van der Waals surface area contributed by atoms with Gasteiger partial charge < -0.3 is 15.7 Å². The van der Waals surface area contributed by atoms with Gasteiger partial charge in [0.2, 0.25) is 5.91 Å². The Labute approximate surface area is 137 Å². The summed E-state index contributed by atoms with van der Waals surface area (Å²) < 4.78 is 0. The van der Waals surface area contributed by atoms with Crippen molar-refractivity contribution in [1.82, 2.24) is 5.32 Å². The lowest BCUT2D eigenvalue weighted by Gasteiger charge is -2.14. The molecule has 4 nitrogen and oxygen atoms in total. The van der Waals surface area contributed by atoms with Crippen LogP contribution < -0.4 is 10.6 Å². The number of aryl methyl sites for hydroxylation is 1. The van der Waals surface area contributed by atoms with Gasteiger partial charge in [0.1, 0.15) is 5.75 Å². The van der Waals surface area contributed by atoms with E-state index in [2.05, 4.69) is 17.6 Å². The van der Waals surface area contributed by atoms with E-state index in [-0.39, 0.29) is 5.91 Å². The Morgan fingerprint density at radius 3 is 2.26 bits per heavy atom. The Balaban J connectivity index is 1.74. The van der Waals surface area contributed by atoms with Crippen molar-refractivity contribution in [3.05, 3.63) is 59.7 Å². The van der Waals surface area contributed by atoms with Crippen LogP contribution in [0.3, 0.4) is 0 Å². The first-order valence-electron chi connectivity index (χ1n) is 7.91. The molecule has 1 unspecified atom stereocenters. The van der Waals surface area contributed by atoms with Crippen LogP contribution in [0.2, 0.25) is 0 Å². The molecule has 0 bridgehead atoms. The van der Waals surface area contributed by atoms with E-state index in [1.54, 1.807) is 12.1 Å². The van der Waals surface area contributed by atoms with Crippen molar-refractivity contribution in [2.75, 3.05) is 5.32 Å². The molecule has 122 valence electrons. The Hall–Kier alpha value is -2.33. The standard InChI is InChI=1S/C19H24N2O2/c1-14(3-4-16-7-11-19(23)12-8-16)20-13-17-5-9-18(10-6-17)21-15(2)22/h5-12,14,20,23H,3-4,13H2,1-2H3,(H,21,22). The van der Waals surface area contributed by atoms with Crippen LogP contribution in [0.5, 0.6) is 5.75 Å². The summed E-state index contributed by atoms with van der Waals surface area (Å²) in [4.78, 5) is 11.0. The number of phenols is 1. The highest BCUT2D eigenvalue weighted by Gasteiger charge is 2.03. The van der Waals surface area contributed by atoms with Crippen molar-refractivity contribution in [3.8, 4) is 5.75 Å². The van der Waals surface area contributed by atoms with Gasteiger partial charge in [-0.3, -0.25) is 4.79 Å². The minimum absolute atomic E-state index is 0.0567. The second kappa shape index (κ2) is 8.34. The van der Waals surface area contributed by atoms with Crippen LogP contribution in [-0.4, -0.2) is 17.1 Å². The maximum Gasteiger partial charge on any atom is 0.221 e. The van der Waals surface area contributed by atoms with E-state index in [4.69, 9.17) is 0 Å². The predicted octanol–water partition coefficient (Wildman–Crippen LogP) is 3.46. The summed E-state index contributed by atoms with van der Waals surface area (Å²) >= 11 is 0. The molecule has 1 atom stereocenters. The van der Waals surface area contributed by atoms with Gasteiger partial charge in [-0.05, 0) is 55.2 Å². The lowest BCUT2D eigenvalue weighted by molar-refractivity contribution is -0.114. The summed E-state index contributed by atoms with van der Waals surface area (Å²) in [5, 5.41) is 15.5. The van der Waals surface area contributed by atoms with Gasteiger partial charge >= 0.3 is 0 Å². The molecule has 2 aromatic carbocycles. The summed E-state index contributed by atoms with van der Waals surface area (Å²) in [5.41, 5.74) is 3.24. The first-order chi connectivity index (χ1) is 11.0. The van der Waals surface area contributed by atoms with Crippen molar-refractivity contribution in [3.63, 3.8) is 0 Å². The number of carbonyl (C=O) groups excluding carboxylic acids is 1. The highest BCUT2D eigenvalue weighted by Crippen LogP contribution is 2.13. The number of benzene rings is 2. The summed E-state index contributed by atoms with van der Waals surface area (Å²) in [6.07, 6.45) is 2.02. The lowest BCUT2D eigenvalue weighted by atomic mass is 10.1. The Morgan fingerprint density at radius 1 is 1.04 bits per heavy atom. The average Bonchev–Trinajstić information content (AvgIpc) is 2.53. The average molecular weight is 312 g/mol. The van der Waals surface area contributed by atoms with Crippen LogP contribution >= 0.6 is 0 Å². The number of carbonyl (C=O) groups is 1. The minimum Gasteiger partial charge on any atom is -0.508 e. The van der Waals surface area contributed by atoms with Crippen molar-refractivity contribution >= 4 is 11.6 Å². The fourth-order valence-electron chi connectivity index (χ4n) is 2.35. The third-order valence-electron chi connectivity index (χ3n) is 3.73. The molecule has 23 heavy (non-hydrogen) atoms. The molecule has 2 rings (SSSR count). The Morgan fingerprint density at radius 2 is 1.65 bits per heavy atom. The Bertz CT molecular complexity index is 621. The number of nitrogens with one attached hydrogen (secondary N) is 2. The molecule has 0 radical (unpaired) electrons. The molecule has 0 saturated heterocycles. The summed E-state index contributed by atoms with van der Waals surface area (Å²) in [5.74, 6) is 0.251. The monoisotopic (exact) mass is 312 g/mol. The number of amides is 1. The molecule has 0 heterocycles. The Kier molecular flexibility index (Phi) is 6.18. The maximum absolute atomic E-state index is 11.0. The molecule has 0 aliphatic carbocycles. The molecule has 0 aliphatic rings. The van der Waals surface area contributed by atoms with Crippen molar-refractivity contribution < 1.29 is 9.90 Å². The summed E-state index contributed by atoms with van der Waals surface area (Å²) in [7, 11) is 0. The van der Waals surface area contributed by atoms with Crippen LogP contribution in [0.15, 0.2) is 48.5 Å². The van der Waals surface area contributed by atoms with Gasteiger partial charge in [-0.2, -0.15) is 0 Å². The minimum atomic E-state index is -0.0567. The van der Waals surface area contributed by atoms with Crippen LogP contribution in [0.25, 0.3) is 0 Å². The molecule has 1 amide bonds. The third kappa shape index (κ3) is 6.12. The van der Waals surface area contributed by atoms with Crippen molar-refractivity contribution in [2.45, 2.75) is 39.3 Å². The van der Waals surface area contributed by atoms with E-state index in [1.807, 2.05) is 36.4 Å². The second-order valence-corrected chi connectivity index (χ2v) is 5.87. The molecule has 0 aromatic heterocycles. The van der Waals surface area contributed by atoms with Crippen LogP contribution in [0.1, 0.15) is 31.4 Å². The zero-order chi connectivity index (χ0) is 16.7. The van der Waals surface area contributed by atoms with E-state index in [0.717, 1.165) is 25.1 Å². The zero-order valence-corrected chi connectivity index (χ0v) is 13.7. The fraction of sp³-hybridized carbons (Fsp3) is 0.316. The second-order valence-electron chi connectivity index (χ2n) is 5.87. The third-order valence-corrected chi connectivity index (χ3v) is 3.73. The summed E-state index contributed by atoms with van der Waals surface area (Å²) in [6.45, 7) is 4.48. The molecule has 3 N–H and O–H groups in total. The highest BCUT2D eigenvalue weighted by molar-refractivity contribution is 5.88. The zero-order valence-electron chi connectivity index (χ0n) is 13.7. The topological polar surface area (TPSA) is 61.4 Å². The highest BCUT2D eigenvalue weighted by atomic mass is 16.3. The number of phenolic OH excluding ortho intramolecular Hbond substituents is 1. The normalized spacial score (nSPS) is 11.9. The maximum atomic E-state index is 11.0. The van der Waals surface area contributed by atoms with Crippen LogP contribution in [0, 0.1) is 0 Å². The number of hydrogen-bond donors (Lipinski definition) is 3. The SMILES string of the molecule is CC(=O)Nc1ccc(CNC(C)CCc2ccc(O)cc2)cc1. The molecule has 0 spiro atoms. The fourth-order valence-corrected chi connectivity index (χ4v) is 2.35. The van der Waals surface area contributed by atoms with Crippen molar-refractivity contribution in [1.29, 1.82) is 0 Å². The molecular formula is C19H24N2O2. The number of aromatic hydroxyl groups is 1. The first-order valence-corrected chi connectivity index (χ1v) is 7.91. The van der Waals surface area contributed by atoms with Gasteiger partial charge in [0.25, 0.3) is 0 Å². The smallest absolute Gasteiger partial charge is 0.221 e.